The Labute approximate surface area is 107 Å². The number of rotatable bonds is 5. The van der Waals surface area contributed by atoms with Crippen molar-refractivity contribution in [1.29, 1.82) is 0 Å². The monoisotopic (exact) mass is 271 g/mol. The molecule has 1 amide bonds. The van der Waals surface area contributed by atoms with Gasteiger partial charge in [0.25, 0.3) is 0 Å². The minimum atomic E-state index is -3.14. The zero-order chi connectivity index (χ0) is 13.8. The fourth-order valence-electron chi connectivity index (χ4n) is 1.85. The summed E-state index contributed by atoms with van der Waals surface area (Å²) in [6, 6.07) is 8.95. The van der Waals surface area contributed by atoms with Crippen LogP contribution >= 0.6 is 0 Å². The zero-order valence-electron chi connectivity index (χ0n) is 10.4. The van der Waals surface area contributed by atoms with Crippen molar-refractivity contribution < 1.29 is 17.9 Å². The summed E-state index contributed by atoms with van der Waals surface area (Å²) in [5.41, 5.74) is 5.75. The lowest BCUT2D eigenvalue weighted by Gasteiger charge is -2.23. The van der Waals surface area contributed by atoms with Crippen LogP contribution in [0.2, 0.25) is 0 Å². The van der Waals surface area contributed by atoms with E-state index in [1.165, 1.54) is 0 Å². The highest BCUT2D eigenvalue weighted by molar-refractivity contribution is 7.90. The molecule has 0 aromatic heterocycles. The maximum absolute atomic E-state index is 11.3. The molecule has 1 aromatic rings. The highest BCUT2D eigenvalue weighted by atomic mass is 32.2. The van der Waals surface area contributed by atoms with Crippen LogP contribution < -0.4 is 5.73 Å². The van der Waals surface area contributed by atoms with Gasteiger partial charge in [-0.2, -0.15) is 0 Å². The molecule has 1 unspecified atom stereocenters. The lowest BCUT2D eigenvalue weighted by atomic mass is 9.99. The van der Waals surface area contributed by atoms with Gasteiger partial charge in [0.15, 0.2) is 0 Å². The molecule has 0 spiro atoms. The van der Waals surface area contributed by atoms with Crippen LogP contribution in [0.15, 0.2) is 30.3 Å². The van der Waals surface area contributed by atoms with Crippen molar-refractivity contribution in [3.05, 3.63) is 35.9 Å². The molecule has 0 saturated carbocycles. The van der Waals surface area contributed by atoms with Gasteiger partial charge in [-0.05, 0) is 5.56 Å². The van der Waals surface area contributed by atoms with Gasteiger partial charge < -0.3 is 10.5 Å². The second-order valence-electron chi connectivity index (χ2n) is 4.34. The van der Waals surface area contributed by atoms with E-state index in [1.54, 1.807) is 31.2 Å². The number of hydrogen-bond donors (Lipinski definition) is 1. The Hall–Kier alpha value is -1.56. The van der Waals surface area contributed by atoms with E-state index in [1.807, 2.05) is 6.07 Å². The fourth-order valence-corrected chi connectivity index (χ4v) is 2.98. The van der Waals surface area contributed by atoms with Gasteiger partial charge in [0.2, 0.25) is 0 Å². The SMILES string of the molecule is C[C@@H](CS(C)(=O)=O)C(OC(N)=O)c1ccccc1. The lowest BCUT2D eigenvalue weighted by Crippen LogP contribution is -2.26. The van der Waals surface area contributed by atoms with E-state index in [9.17, 15) is 13.2 Å². The second kappa shape index (κ2) is 5.86. The minimum Gasteiger partial charge on any atom is -0.441 e. The number of hydrogen-bond acceptors (Lipinski definition) is 4. The van der Waals surface area contributed by atoms with Gasteiger partial charge >= 0.3 is 6.09 Å². The van der Waals surface area contributed by atoms with E-state index < -0.39 is 22.0 Å². The average molecular weight is 271 g/mol. The number of benzene rings is 1. The number of ether oxygens (including phenoxy) is 1. The van der Waals surface area contributed by atoms with Crippen LogP contribution in [-0.2, 0) is 14.6 Å². The summed E-state index contributed by atoms with van der Waals surface area (Å²) < 4.78 is 27.6. The van der Waals surface area contributed by atoms with Crippen LogP contribution in [0.4, 0.5) is 4.79 Å². The standard InChI is InChI=1S/C12H17NO4S/c1-9(8-18(2,15)16)11(17-12(13)14)10-6-4-3-5-7-10/h3-7,9,11H,8H2,1-2H3,(H2,13,14)/t9-,11?/m0/s1. The summed E-state index contributed by atoms with van der Waals surface area (Å²) in [5.74, 6) is -0.435. The molecule has 0 fully saturated rings. The molecule has 6 heteroatoms. The van der Waals surface area contributed by atoms with Gasteiger partial charge in [-0.3, -0.25) is 0 Å². The van der Waals surface area contributed by atoms with E-state index in [2.05, 4.69) is 0 Å². The maximum atomic E-state index is 11.3. The van der Waals surface area contributed by atoms with Gasteiger partial charge in [0, 0.05) is 12.2 Å². The van der Waals surface area contributed by atoms with Crippen molar-refractivity contribution in [3.63, 3.8) is 0 Å². The van der Waals surface area contributed by atoms with Gasteiger partial charge in [-0.25, -0.2) is 13.2 Å². The summed E-state index contributed by atoms with van der Waals surface area (Å²) in [5, 5.41) is 0. The number of carbonyl (C=O) groups is 1. The molecule has 0 saturated heterocycles. The van der Waals surface area contributed by atoms with Crippen molar-refractivity contribution in [3.8, 4) is 0 Å². The van der Waals surface area contributed by atoms with Gasteiger partial charge in [0.05, 0.1) is 5.75 Å². The number of nitrogens with two attached hydrogens (primary N) is 1. The minimum absolute atomic E-state index is 0.0696. The van der Waals surface area contributed by atoms with Gasteiger partial charge in [-0.15, -0.1) is 0 Å². The number of amides is 1. The molecule has 0 aliphatic carbocycles. The van der Waals surface area contributed by atoms with Crippen molar-refractivity contribution in [2.75, 3.05) is 12.0 Å². The van der Waals surface area contributed by atoms with Crippen LogP contribution in [0.1, 0.15) is 18.6 Å². The number of primary amides is 1. The largest absolute Gasteiger partial charge is 0.441 e. The summed E-state index contributed by atoms with van der Waals surface area (Å²) >= 11 is 0. The van der Waals surface area contributed by atoms with Crippen LogP contribution in [0.25, 0.3) is 0 Å². The van der Waals surface area contributed by atoms with E-state index in [0.29, 0.717) is 0 Å². The third-order valence-corrected chi connectivity index (χ3v) is 3.58. The molecule has 0 aliphatic heterocycles. The second-order valence-corrected chi connectivity index (χ2v) is 6.52. The zero-order valence-corrected chi connectivity index (χ0v) is 11.2. The molecule has 1 rings (SSSR count). The third-order valence-electron chi connectivity index (χ3n) is 2.45. The van der Waals surface area contributed by atoms with Gasteiger partial charge in [0.1, 0.15) is 15.9 Å². The first-order valence-corrected chi connectivity index (χ1v) is 7.54. The molecule has 2 atom stereocenters. The first kappa shape index (κ1) is 14.5. The van der Waals surface area contributed by atoms with Gasteiger partial charge in [-0.1, -0.05) is 37.3 Å². The van der Waals surface area contributed by atoms with Crippen molar-refractivity contribution in [2.24, 2.45) is 11.7 Å². The smallest absolute Gasteiger partial charge is 0.405 e. The molecular formula is C12H17NO4S. The maximum Gasteiger partial charge on any atom is 0.405 e. The molecule has 5 nitrogen and oxygen atoms in total. The van der Waals surface area contributed by atoms with Crippen molar-refractivity contribution >= 4 is 15.9 Å². The first-order valence-electron chi connectivity index (χ1n) is 5.48. The molecule has 0 radical (unpaired) electrons. The number of sulfone groups is 1. The van der Waals surface area contributed by atoms with Crippen molar-refractivity contribution in [2.45, 2.75) is 13.0 Å². The summed E-state index contributed by atoms with van der Waals surface area (Å²) in [6.07, 6.45) is -0.418. The summed E-state index contributed by atoms with van der Waals surface area (Å²) in [6.45, 7) is 1.71. The molecule has 18 heavy (non-hydrogen) atoms. The Bertz CT molecular complexity index is 498. The Morgan fingerprint density at radius 3 is 2.33 bits per heavy atom. The Morgan fingerprint density at radius 2 is 1.89 bits per heavy atom. The first-order chi connectivity index (χ1) is 8.29. The van der Waals surface area contributed by atoms with E-state index >= 15 is 0 Å². The van der Waals surface area contributed by atoms with E-state index in [0.717, 1.165) is 11.8 Å². The van der Waals surface area contributed by atoms with Crippen LogP contribution in [-0.4, -0.2) is 26.5 Å². The summed E-state index contributed by atoms with van der Waals surface area (Å²) in [7, 11) is -3.14. The third kappa shape index (κ3) is 4.75. The Balaban J connectivity index is 2.95. The van der Waals surface area contributed by atoms with E-state index in [-0.39, 0.29) is 11.7 Å². The highest BCUT2D eigenvalue weighted by Crippen LogP contribution is 2.26. The fraction of sp³-hybridized carbons (Fsp3) is 0.417. The topological polar surface area (TPSA) is 86.5 Å². The summed E-state index contributed by atoms with van der Waals surface area (Å²) in [4.78, 5) is 10.9. The van der Waals surface area contributed by atoms with Crippen LogP contribution in [0, 0.1) is 5.92 Å². The van der Waals surface area contributed by atoms with Crippen LogP contribution in [0.3, 0.4) is 0 Å². The molecule has 0 heterocycles. The number of carbonyl (C=O) groups excluding carboxylic acids is 1. The average Bonchev–Trinajstić information content (AvgIpc) is 2.24. The molecule has 2 N–H and O–H groups in total. The Morgan fingerprint density at radius 1 is 1.33 bits per heavy atom. The Kier molecular flexibility index (Phi) is 4.72. The van der Waals surface area contributed by atoms with E-state index in [4.69, 9.17) is 10.5 Å². The molecular weight excluding hydrogens is 254 g/mol. The van der Waals surface area contributed by atoms with Crippen molar-refractivity contribution in [1.82, 2.24) is 0 Å². The molecule has 0 aliphatic rings. The predicted molar refractivity (Wildman–Crippen MR) is 68.7 cm³/mol. The van der Waals surface area contributed by atoms with Crippen LogP contribution in [0.5, 0.6) is 0 Å². The lowest BCUT2D eigenvalue weighted by molar-refractivity contribution is 0.0792. The predicted octanol–water partition coefficient (Wildman–Crippen LogP) is 1.50. The highest BCUT2D eigenvalue weighted by Gasteiger charge is 2.25. The molecule has 100 valence electrons. The molecule has 0 bridgehead atoms. The quantitative estimate of drug-likeness (QED) is 0.879. The molecule has 1 aromatic carbocycles. The normalized spacial score (nSPS) is 14.8.